The number of esters is 1. The summed E-state index contributed by atoms with van der Waals surface area (Å²) < 4.78 is 31.2. The summed E-state index contributed by atoms with van der Waals surface area (Å²) in [6, 6.07) is 5.38. The van der Waals surface area contributed by atoms with Gasteiger partial charge in [0.25, 0.3) is 5.69 Å². The van der Waals surface area contributed by atoms with Crippen LogP contribution >= 0.6 is 11.6 Å². The highest BCUT2D eigenvalue weighted by atomic mass is 35.5. The molecule has 0 aliphatic rings. The number of nitro benzene ring substituents is 1. The molecule has 0 radical (unpaired) electrons. The third-order valence-electron chi connectivity index (χ3n) is 2.94. The van der Waals surface area contributed by atoms with Crippen molar-refractivity contribution in [2.45, 2.75) is 0 Å². The lowest BCUT2D eigenvalue weighted by molar-refractivity contribution is -0.384. The maximum atomic E-state index is 13.4. The van der Waals surface area contributed by atoms with E-state index in [-0.39, 0.29) is 10.6 Å². The van der Waals surface area contributed by atoms with Crippen LogP contribution in [0, 0.1) is 21.7 Å². The number of nitro groups is 1. The summed E-state index contributed by atoms with van der Waals surface area (Å²) in [5.41, 5.74) is -1.29. The maximum absolute atomic E-state index is 13.4. The summed E-state index contributed by atoms with van der Waals surface area (Å²) >= 11 is 5.76. The predicted octanol–water partition coefficient (Wildman–Crippen LogP) is 3.57. The van der Waals surface area contributed by atoms with Crippen molar-refractivity contribution in [1.82, 2.24) is 0 Å². The van der Waals surface area contributed by atoms with Crippen molar-refractivity contribution in [3.8, 4) is 0 Å². The van der Waals surface area contributed by atoms with Crippen LogP contribution in [0.15, 0.2) is 36.4 Å². The molecule has 24 heavy (non-hydrogen) atoms. The van der Waals surface area contributed by atoms with Crippen molar-refractivity contribution in [3.05, 3.63) is 74.3 Å². The zero-order valence-electron chi connectivity index (χ0n) is 11.8. The number of ether oxygens (including phenoxy) is 1. The van der Waals surface area contributed by atoms with E-state index in [4.69, 9.17) is 11.6 Å². The molecule has 0 amide bonds. The number of rotatable bonds is 5. The lowest BCUT2D eigenvalue weighted by Gasteiger charge is -2.06. The molecular weight excluding hydrogens is 348 g/mol. The van der Waals surface area contributed by atoms with E-state index in [0.717, 1.165) is 30.3 Å². The first-order valence-electron chi connectivity index (χ1n) is 6.39. The average Bonchev–Trinajstić information content (AvgIpc) is 2.54. The molecule has 2 aromatic rings. The Morgan fingerprint density at radius 1 is 1.12 bits per heavy atom. The third kappa shape index (κ3) is 3.90. The highest BCUT2D eigenvalue weighted by Crippen LogP contribution is 2.23. The van der Waals surface area contributed by atoms with Gasteiger partial charge in [-0.05, 0) is 24.3 Å². The quantitative estimate of drug-likeness (QED) is 0.354. The molecule has 0 N–H and O–H groups in total. The summed E-state index contributed by atoms with van der Waals surface area (Å²) in [4.78, 5) is 33.6. The Hall–Kier alpha value is -2.87. The largest absolute Gasteiger partial charge is 0.454 e. The normalized spacial score (nSPS) is 10.3. The molecule has 2 rings (SSSR count). The standard InChI is InChI=1S/C15H8ClF2NO5/c16-12-3-2-9(19(22)23)6-10(12)15(21)24-7-14(20)11-5-8(17)1-4-13(11)18/h1-6H,7H2. The van der Waals surface area contributed by atoms with Crippen LogP contribution in [0.25, 0.3) is 0 Å². The number of Topliss-reactive ketones (excluding diaryl/α,β-unsaturated/α-hetero) is 1. The van der Waals surface area contributed by atoms with Gasteiger partial charge in [-0.3, -0.25) is 14.9 Å². The Morgan fingerprint density at radius 3 is 2.50 bits per heavy atom. The van der Waals surface area contributed by atoms with Crippen molar-refractivity contribution in [1.29, 1.82) is 0 Å². The molecule has 0 spiro atoms. The number of carbonyl (C=O) groups is 2. The number of hydrogen-bond acceptors (Lipinski definition) is 5. The highest BCUT2D eigenvalue weighted by Gasteiger charge is 2.20. The fourth-order valence-electron chi connectivity index (χ4n) is 1.78. The van der Waals surface area contributed by atoms with Crippen molar-refractivity contribution in [2.75, 3.05) is 6.61 Å². The Bertz CT molecular complexity index is 841. The van der Waals surface area contributed by atoms with Gasteiger partial charge in [0.15, 0.2) is 6.61 Å². The Labute approximate surface area is 138 Å². The monoisotopic (exact) mass is 355 g/mol. The van der Waals surface area contributed by atoms with Gasteiger partial charge in [-0.2, -0.15) is 0 Å². The summed E-state index contributed by atoms with van der Waals surface area (Å²) in [5, 5.41) is 10.6. The minimum Gasteiger partial charge on any atom is -0.454 e. The van der Waals surface area contributed by atoms with Gasteiger partial charge in [0, 0.05) is 12.1 Å². The molecular formula is C15H8ClF2NO5. The fraction of sp³-hybridized carbons (Fsp3) is 0.0667. The first kappa shape index (κ1) is 17.5. The van der Waals surface area contributed by atoms with Crippen LogP contribution in [-0.2, 0) is 4.74 Å². The van der Waals surface area contributed by atoms with Crippen LogP contribution in [0.5, 0.6) is 0 Å². The average molecular weight is 356 g/mol. The number of halogens is 3. The van der Waals surface area contributed by atoms with E-state index in [1.807, 2.05) is 0 Å². The second-order valence-electron chi connectivity index (χ2n) is 4.54. The zero-order chi connectivity index (χ0) is 17.9. The van der Waals surface area contributed by atoms with Crippen molar-refractivity contribution in [3.63, 3.8) is 0 Å². The van der Waals surface area contributed by atoms with Gasteiger partial charge in [-0.15, -0.1) is 0 Å². The molecule has 9 heteroatoms. The molecule has 0 saturated carbocycles. The SMILES string of the molecule is O=C(COC(=O)c1cc([N+](=O)[O-])ccc1Cl)c1cc(F)ccc1F. The van der Waals surface area contributed by atoms with Gasteiger partial charge in [-0.25, -0.2) is 13.6 Å². The molecule has 0 saturated heterocycles. The number of carbonyl (C=O) groups excluding carboxylic acids is 2. The Morgan fingerprint density at radius 2 is 1.83 bits per heavy atom. The molecule has 6 nitrogen and oxygen atoms in total. The Balaban J connectivity index is 2.13. The van der Waals surface area contributed by atoms with Gasteiger partial charge in [0.2, 0.25) is 5.78 Å². The van der Waals surface area contributed by atoms with E-state index in [2.05, 4.69) is 4.74 Å². The van der Waals surface area contributed by atoms with Crippen LogP contribution in [0.3, 0.4) is 0 Å². The number of non-ortho nitro benzene ring substituents is 1. The van der Waals surface area contributed by atoms with Gasteiger partial charge in [-0.1, -0.05) is 11.6 Å². The summed E-state index contributed by atoms with van der Waals surface area (Å²) in [6.45, 7) is -0.877. The molecule has 0 aliphatic heterocycles. The molecule has 0 heterocycles. The second-order valence-corrected chi connectivity index (χ2v) is 4.95. The minimum atomic E-state index is -1.10. The van der Waals surface area contributed by atoms with Gasteiger partial charge in [0.1, 0.15) is 11.6 Å². The van der Waals surface area contributed by atoms with E-state index < -0.39 is 46.2 Å². The van der Waals surface area contributed by atoms with Crippen LogP contribution in [0.2, 0.25) is 5.02 Å². The van der Waals surface area contributed by atoms with E-state index in [1.54, 1.807) is 0 Å². The van der Waals surface area contributed by atoms with Crippen molar-refractivity contribution in [2.24, 2.45) is 0 Å². The molecule has 0 fully saturated rings. The summed E-state index contributed by atoms with van der Waals surface area (Å²) in [6.07, 6.45) is 0. The van der Waals surface area contributed by atoms with Gasteiger partial charge < -0.3 is 4.74 Å². The molecule has 0 aromatic heterocycles. The summed E-state index contributed by atoms with van der Waals surface area (Å²) in [7, 11) is 0. The molecule has 0 unspecified atom stereocenters. The van der Waals surface area contributed by atoms with Crippen LogP contribution in [-0.4, -0.2) is 23.3 Å². The topological polar surface area (TPSA) is 86.5 Å². The van der Waals surface area contributed by atoms with Crippen LogP contribution in [0.4, 0.5) is 14.5 Å². The molecule has 0 bridgehead atoms. The highest BCUT2D eigenvalue weighted by molar-refractivity contribution is 6.33. The van der Waals surface area contributed by atoms with Crippen molar-refractivity contribution < 1.29 is 28.0 Å². The molecule has 0 aliphatic carbocycles. The number of nitrogens with zero attached hydrogens (tertiary/aromatic N) is 1. The van der Waals surface area contributed by atoms with Gasteiger partial charge in [0.05, 0.1) is 21.1 Å². The predicted molar refractivity (Wildman–Crippen MR) is 79.1 cm³/mol. The number of benzene rings is 2. The van der Waals surface area contributed by atoms with Crippen LogP contribution < -0.4 is 0 Å². The lowest BCUT2D eigenvalue weighted by Crippen LogP contribution is -2.16. The van der Waals surface area contributed by atoms with Crippen molar-refractivity contribution >= 4 is 29.0 Å². The first-order chi connectivity index (χ1) is 11.3. The maximum Gasteiger partial charge on any atom is 0.340 e. The smallest absolute Gasteiger partial charge is 0.340 e. The van der Waals surface area contributed by atoms with E-state index in [9.17, 15) is 28.5 Å². The molecule has 0 atom stereocenters. The number of ketones is 1. The summed E-state index contributed by atoms with van der Waals surface area (Å²) in [5.74, 6) is -3.87. The zero-order valence-corrected chi connectivity index (χ0v) is 12.5. The van der Waals surface area contributed by atoms with Gasteiger partial charge >= 0.3 is 5.97 Å². The molecule has 2 aromatic carbocycles. The first-order valence-corrected chi connectivity index (χ1v) is 6.76. The van der Waals surface area contributed by atoms with E-state index in [1.165, 1.54) is 0 Å². The second kappa shape index (κ2) is 7.14. The van der Waals surface area contributed by atoms with Crippen LogP contribution in [0.1, 0.15) is 20.7 Å². The Kier molecular flexibility index (Phi) is 5.20. The molecule has 124 valence electrons. The van der Waals surface area contributed by atoms with E-state index >= 15 is 0 Å². The fourth-order valence-corrected chi connectivity index (χ4v) is 1.98. The third-order valence-corrected chi connectivity index (χ3v) is 3.27. The number of hydrogen-bond donors (Lipinski definition) is 0. The van der Waals surface area contributed by atoms with E-state index in [0.29, 0.717) is 6.07 Å². The minimum absolute atomic E-state index is 0.116. The lowest BCUT2D eigenvalue weighted by atomic mass is 10.1.